The first-order chi connectivity index (χ1) is 36.0. The predicted molar refractivity (Wildman–Crippen MR) is 275 cm³/mol. The highest BCUT2D eigenvalue weighted by Gasteiger charge is 2.48. The van der Waals surface area contributed by atoms with Gasteiger partial charge in [-0.1, -0.05) is 70.5 Å². The van der Waals surface area contributed by atoms with Crippen LogP contribution in [0.15, 0.2) is 66.0 Å². The molecule has 2 heterocycles. The third-order valence-corrected chi connectivity index (χ3v) is 13.7. The average Bonchev–Trinajstić information content (AvgIpc) is 4.16. The number of aromatic hydroxyl groups is 1. The molecule has 76 heavy (non-hydrogen) atoms. The van der Waals surface area contributed by atoms with Crippen molar-refractivity contribution >= 4 is 59.2 Å². The van der Waals surface area contributed by atoms with Crippen LogP contribution in [-0.4, -0.2) is 150 Å². The summed E-state index contributed by atoms with van der Waals surface area (Å²) in [4.78, 5) is 135. The Morgan fingerprint density at radius 1 is 0.803 bits per heavy atom. The number of nitrogens with two attached hydrogens (primary N) is 3. The third-order valence-electron chi connectivity index (χ3n) is 13.7. The van der Waals surface area contributed by atoms with E-state index < -0.39 is 119 Å². The maximum atomic E-state index is 14.7. The van der Waals surface area contributed by atoms with Crippen LogP contribution in [0.3, 0.4) is 0 Å². The lowest BCUT2D eigenvalue weighted by Crippen LogP contribution is -2.62. The number of carbonyl (C=O) groups is 9. The first-order valence-electron chi connectivity index (χ1n) is 25.2. The molecule has 8 atom stereocenters. The van der Waals surface area contributed by atoms with Gasteiger partial charge in [-0.2, -0.15) is 0 Å². The minimum absolute atomic E-state index is 0.0558. The molecule has 7 amide bonds. The highest BCUT2D eigenvalue weighted by atomic mass is 16.4. The zero-order valence-corrected chi connectivity index (χ0v) is 43.0. The van der Waals surface area contributed by atoms with Gasteiger partial charge >= 0.3 is 11.9 Å². The second-order valence-corrected chi connectivity index (χ2v) is 19.8. The molecule has 1 fully saturated rings. The van der Waals surface area contributed by atoms with Crippen molar-refractivity contribution in [1.29, 1.82) is 0 Å². The molecule has 2 aromatic carbocycles. The molecule has 1 aliphatic heterocycles. The number of amides is 7. The number of aliphatic carboxylic acids is 2. The number of benzene rings is 2. The molecule has 0 spiro atoms. The average molecular weight is 1060 g/mol. The molecule has 412 valence electrons. The summed E-state index contributed by atoms with van der Waals surface area (Å²) in [6.45, 7) is 6.92. The number of hydrogen-bond acceptors (Lipinski definition) is 13. The van der Waals surface area contributed by atoms with Gasteiger partial charge in [-0.05, 0) is 66.3 Å². The monoisotopic (exact) mass is 1060 g/mol. The fraction of sp³-hybridized carbons (Fsp3) is 0.510. The van der Waals surface area contributed by atoms with Crippen LogP contribution in [0.5, 0.6) is 5.75 Å². The lowest BCUT2D eigenvalue weighted by Gasteiger charge is -2.33. The number of nitrogens with one attached hydrogen (secondary N) is 7. The number of fused-ring (bicyclic) bond motifs is 1. The summed E-state index contributed by atoms with van der Waals surface area (Å²) in [5.41, 5.74) is 17.5. The van der Waals surface area contributed by atoms with Crippen molar-refractivity contribution in [3.63, 3.8) is 0 Å². The van der Waals surface area contributed by atoms with Crippen LogP contribution in [0.4, 0.5) is 0 Å². The lowest BCUT2D eigenvalue weighted by atomic mass is 9.95. The van der Waals surface area contributed by atoms with Gasteiger partial charge in [0.25, 0.3) is 0 Å². The fourth-order valence-corrected chi connectivity index (χ4v) is 9.22. The molecular weight excluding hydrogens is 987 g/mol. The summed E-state index contributed by atoms with van der Waals surface area (Å²) in [6, 6.07) is 3.71. The van der Waals surface area contributed by atoms with Crippen molar-refractivity contribution in [2.24, 2.45) is 34.0 Å². The van der Waals surface area contributed by atoms with E-state index in [1.807, 2.05) is 12.1 Å². The van der Waals surface area contributed by atoms with E-state index in [0.717, 1.165) is 11.1 Å². The maximum Gasteiger partial charge on any atom is 0.330 e. The number of phenols is 1. The van der Waals surface area contributed by atoms with Crippen molar-refractivity contribution in [3.05, 3.63) is 83.4 Å². The van der Waals surface area contributed by atoms with Crippen molar-refractivity contribution < 1.29 is 58.5 Å². The van der Waals surface area contributed by atoms with Crippen LogP contribution in [0.2, 0.25) is 0 Å². The number of hydrogen-bond donors (Lipinski definition) is 13. The van der Waals surface area contributed by atoms with Gasteiger partial charge in [-0.3, -0.25) is 43.3 Å². The Bertz CT molecular complexity index is 2560. The van der Waals surface area contributed by atoms with E-state index in [4.69, 9.17) is 17.2 Å². The molecule has 3 aromatic rings. The number of carboxylic acid groups (broad SMARTS) is 2. The minimum atomic E-state index is -1.63. The number of imidazole rings is 1. The number of carbonyl (C=O) groups excluding carboxylic acids is 7. The largest absolute Gasteiger partial charge is 0.508 e. The number of phenolic OH excluding ortho intramolecular Hbond substituents is 1. The number of aliphatic imine (C=N–C) groups is 1. The Kier molecular flexibility index (Phi) is 20.8. The quantitative estimate of drug-likeness (QED) is 0.0238. The molecule has 25 heteroatoms. The second-order valence-electron chi connectivity index (χ2n) is 19.8. The standard InChI is InChI=1S/C51H71N13O12/c1-5-28(4)41(47(73)60-37(21-32-25-55-26-57-32)48(74)64-19-9-13-38(64)45(71)63-51(49(75)76)23-30-10-6-7-11-31(30)24-51)62-44(70)36(20-29-14-16-33(65)17-15-29)59-46(72)40(27(2)3)61-43(69)35(12-8-18-56-50(53)54)58-42(68)34(52)22-39(66)67/h6-7,10-11,14-17,25-28,34-38,40-41,65H,5,8-9,12-13,18-24,52H2,1-4H3,(H,55,57)(H,58,68)(H,59,72)(H,60,73)(H,61,69)(H,62,70)(H,63,71)(H,66,67)(H,75,76)(H4,53,54,56)/t28-,34-,35-,36-,37-,38-,40-,41-/m0/s1. The maximum absolute atomic E-state index is 14.7. The zero-order chi connectivity index (χ0) is 55.9. The fourth-order valence-electron chi connectivity index (χ4n) is 9.22. The van der Waals surface area contributed by atoms with Crippen molar-refractivity contribution in [1.82, 2.24) is 46.8 Å². The van der Waals surface area contributed by atoms with Gasteiger partial charge in [-0.15, -0.1) is 0 Å². The first kappa shape index (κ1) is 58.8. The number of aromatic amines is 1. The number of carboxylic acids is 2. The number of H-pyrrole nitrogens is 1. The highest BCUT2D eigenvalue weighted by molar-refractivity contribution is 5.98. The van der Waals surface area contributed by atoms with Crippen LogP contribution >= 0.6 is 0 Å². The molecule has 16 N–H and O–H groups in total. The summed E-state index contributed by atoms with van der Waals surface area (Å²) in [5, 5.41) is 45.7. The molecule has 0 unspecified atom stereocenters. The van der Waals surface area contributed by atoms with Gasteiger partial charge in [0.05, 0.1) is 18.8 Å². The summed E-state index contributed by atoms with van der Waals surface area (Å²) in [5.74, 6) is -9.55. The van der Waals surface area contributed by atoms with Gasteiger partial charge in [0.15, 0.2) is 5.96 Å². The Hall–Kier alpha value is -8.09. The van der Waals surface area contributed by atoms with Gasteiger partial charge < -0.3 is 74.3 Å². The van der Waals surface area contributed by atoms with E-state index in [1.165, 1.54) is 41.7 Å². The van der Waals surface area contributed by atoms with E-state index in [2.05, 4.69) is 46.9 Å². The summed E-state index contributed by atoms with van der Waals surface area (Å²) >= 11 is 0. The molecule has 0 bridgehead atoms. The molecule has 1 aliphatic carbocycles. The molecule has 2 aliphatic rings. The number of likely N-dealkylation sites (tertiary alicyclic amines) is 1. The first-order valence-corrected chi connectivity index (χ1v) is 25.2. The second kappa shape index (κ2) is 26.9. The smallest absolute Gasteiger partial charge is 0.330 e. The van der Waals surface area contributed by atoms with Crippen LogP contribution in [0.1, 0.15) is 88.6 Å². The van der Waals surface area contributed by atoms with Crippen molar-refractivity contribution in [2.45, 2.75) is 140 Å². The third kappa shape index (κ3) is 16.0. The van der Waals surface area contributed by atoms with Crippen molar-refractivity contribution in [2.75, 3.05) is 13.1 Å². The van der Waals surface area contributed by atoms with Crippen LogP contribution in [0, 0.1) is 11.8 Å². The molecule has 1 saturated heterocycles. The van der Waals surface area contributed by atoms with Gasteiger partial charge in [0, 0.05) is 50.7 Å². The summed E-state index contributed by atoms with van der Waals surface area (Å²) in [7, 11) is 0. The molecule has 1 aromatic heterocycles. The van der Waals surface area contributed by atoms with Crippen molar-refractivity contribution in [3.8, 4) is 5.75 Å². The topological polar surface area (TPSA) is 409 Å². The SMILES string of the molecule is CC[C@H](C)[C@H](NC(=O)[C@H](Cc1ccc(O)cc1)NC(=O)[C@@H](NC(=O)[C@H](CCCN=C(N)N)NC(=O)[C@@H](N)CC(=O)O)C(C)C)C(=O)N[C@@H](Cc1cnc[nH]1)C(=O)N1CCC[C@H]1C(=O)NC1(C(=O)O)Cc2ccccc2C1. The predicted octanol–water partition coefficient (Wildman–Crippen LogP) is -1.39. The Morgan fingerprint density at radius 3 is 1.99 bits per heavy atom. The molecule has 5 rings (SSSR count). The number of aromatic nitrogens is 2. The molecule has 0 radical (unpaired) electrons. The molecule has 0 saturated carbocycles. The van der Waals surface area contributed by atoms with Gasteiger partial charge in [0.2, 0.25) is 41.4 Å². The number of rotatable bonds is 27. The van der Waals surface area contributed by atoms with E-state index >= 15 is 0 Å². The molecule has 25 nitrogen and oxygen atoms in total. The van der Waals surface area contributed by atoms with E-state index in [1.54, 1.807) is 39.8 Å². The Labute approximate surface area is 439 Å². The van der Waals surface area contributed by atoms with Crippen LogP contribution in [0.25, 0.3) is 0 Å². The summed E-state index contributed by atoms with van der Waals surface area (Å²) in [6.07, 6.45) is 3.06. The number of nitrogens with zero attached hydrogens (tertiary/aromatic N) is 3. The van der Waals surface area contributed by atoms with Gasteiger partial charge in [-0.25, -0.2) is 9.78 Å². The van der Waals surface area contributed by atoms with E-state index in [9.17, 15) is 58.5 Å². The highest BCUT2D eigenvalue weighted by Crippen LogP contribution is 2.31. The Morgan fingerprint density at radius 2 is 1.41 bits per heavy atom. The zero-order valence-electron chi connectivity index (χ0n) is 43.0. The number of guanidine groups is 1. The van der Waals surface area contributed by atoms with E-state index in [-0.39, 0.29) is 69.7 Å². The lowest BCUT2D eigenvalue weighted by molar-refractivity contribution is -0.149. The molecular formula is C51H71N13O12. The summed E-state index contributed by atoms with van der Waals surface area (Å²) < 4.78 is 0. The van der Waals surface area contributed by atoms with Crippen LogP contribution < -0.4 is 49.1 Å². The van der Waals surface area contributed by atoms with Gasteiger partial charge in [0.1, 0.15) is 47.5 Å². The minimum Gasteiger partial charge on any atom is -0.508 e. The van der Waals surface area contributed by atoms with E-state index in [0.29, 0.717) is 24.1 Å². The van der Waals surface area contributed by atoms with Crippen LogP contribution in [-0.2, 0) is 68.8 Å². The Balaban J connectivity index is 1.37. The normalized spacial score (nSPS) is 17.3.